The van der Waals surface area contributed by atoms with Gasteiger partial charge in [-0.1, -0.05) is 6.07 Å². The van der Waals surface area contributed by atoms with Crippen molar-refractivity contribution in [1.82, 2.24) is 15.3 Å². The van der Waals surface area contributed by atoms with Gasteiger partial charge in [0.1, 0.15) is 11.2 Å². The molecule has 1 aromatic carbocycles. The van der Waals surface area contributed by atoms with E-state index < -0.39 is 0 Å². The van der Waals surface area contributed by atoms with Gasteiger partial charge in [0.15, 0.2) is 6.21 Å². The van der Waals surface area contributed by atoms with Crippen LogP contribution in [0.3, 0.4) is 0 Å². The van der Waals surface area contributed by atoms with Crippen molar-refractivity contribution in [2.24, 2.45) is 0 Å². The summed E-state index contributed by atoms with van der Waals surface area (Å²) in [4.78, 5) is 21.4. The molecule has 1 amide bonds. The van der Waals surface area contributed by atoms with Crippen molar-refractivity contribution in [3.63, 3.8) is 0 Å². The van der Waals surface area contributed by atoms with Crippen molar-refractivity contribution >= 4 is 35.2 Å². The number of aromatic nitrogens is 2. The van der Waals surface area contributed by atoms with Crippen LogP contribution in [0.15, 0.2) is 42.6 Å². The molecule has 0 saturated carbocycles. The average molecular weight is 450 g/mol. The molecule has 1 unspecified atom stereocenters. The lowest BCUT2D eigenvalue weighted by atomic mass is 9.99. The van der Waals surface area contributed by atoms with Gasteiger partial charge in [-0.05, 0) is 54.8 Å². The number of hydrogen-bond donors (Lipinski definition) is 2. The van der Waals surface area contributed by atoms with Crippen molar-refractivity contribution in [1.29, 1.82) is 0 Å². The molecule has 1 aliphatic rings. The molecule has 0 fully saturated rings. The molecular formula is C24H24ClN5O2. The Bertz CT molecular complexity index is 1200. The van der Waals surface area contributed by atoms with Gasteiger partial charge in [-0.3, -0.25) is 9.78 Å². The highest BCUT2D eigenvalue weighted by molar-refractivity contribution is 6.28. The largest absolute Gasteiger partial charge is 0.618 e. The second kappa shape index (κ2) is 8.96. The van der Waals surface area contributed by atoms with E-state index in [9.17, 15) is 10.0 Å². The van der Waals surface area contributed by atoms with Crippen LogP contribution in [0, 0.1) is 19.1 Å². The number of carbonyl (C=O) groups excluding carboxylic acids is 1. The summed E-state index contributed by atoms with van der Waals surface area (Å²) in [5.41, 5.74) is 12.4. The minimum atomic E-state index is -0.316. The first-order valence-corrected chi connectivity index (χ1v) is 10.8. The van der Waals surface area contributed by atoms with Crippen LogP contribution in [-0.2, 0) is 19.4 Å². The van der Waals surface area contributed by atoms with E-state index in [0.717, 1.165) is 38.4 Å². The molecule has 0 spiro atoms. The molecule has 1 atom stereocenters. The van der Waals surface area contributed by atoms with Crippen LogP contribution in [0.2, 0.25) is 0 Å². The number of nitrogens with two attached hydrogens (primary N) is 1. The zero-order valence-corrected chi connectivity index (χ0v) is 18.7. The highest BCUT2D eigenvalue weighted by Gasteiger charge is 2.21. The first kappa shape index (κ1) is 21.8. The van der Waals surface area contributed by atoms with E-state index in [1.807, 2.05) is 26.0 Å². The van der Waals surface area contributed by atoms with Crippen molar-refractivity contribution in [2.75, 3.05) is 5.73 Å². The van der Waals surface area contributed by atoms with Gasteiger partial charge in [0.25, 0.3) is 5.91 Å². The van der Waals surface area contributed by atoms with Crippen LogP contribution in [0.25, 0.3) is 0 Å². The van der Waals surface area contributed by atoms with Gasteiger partial charge in [-0.25, -0.2) is 4.98 Å². The molecule has 32 heavy (non-hydrogen) atoms. The fourth-order valence-electron chi connectivity index (χ4n) is 3.97. The lowest BCUT2D eigenvalue weighted by Gasteiger charge is -2.16. The number of amides is 1. The maximum Gasteiger partial charge on any atom is 0.251 e. The van der Waals surface area contributed by atoms with Crippen molar-refractivity contribution in [3.05, 3.63) is 87.0 Å². The molecule has 0 radical (unpaired) electrons. The van der Waals surface area contributed by atoms with E-state index in [0.29, 0.717) is 36.5 Å². The van der Waals surface area contributed by atoms with E-state index in [2.05, 4.69) is 15.3 Å². The summed E-state index contributed by atoms with van der Waals surface area (Å²) in [6, 6.07) is 11.0. The van der Waals surface area contributed by atoms with E-state index in [1.54, 1.807) is 30.5 Å². The molecular weight excluding hydrogens is 426 g/mol. The molecule has 0 bridgehead atoms. The van der Waals surface area contributed by atoms with E-state index in [4.69, 9.17) is 17.3 Å². The SMILES string of the molecule is Cc1cc(N)nc(C)c1CNC(=O)c1ccnc(Cc2ccc3c(c2)CC(Cl)C=[N+]3[O-])c1. The molecule has 3 heterocycles. The predicted octanol–water partition coefficient (Wildman–Crippen LogP) is 3.57. The zero-order valence-electron chi connectivity index (χ0n) is 17.9. The van der Waals surface area contributed by atoms with Gasteiger partial charge in [0.05, 0.1) is 0 Å². The molecule has 0 saturated heterocycles. The number of rotatable bonds is 5. The Hall–Kier alpha value is -3.45. The Morgan fingerprint density at radius 2 is 2.09 bits per heavy atom. The summed E-state index contributed by atoms with van der Waals surface area (Å²) in [6.45, 7) is 4.20. The summed E-state index contributed by atoms with van der Waals surface area (Å²) in [6.07, 6.45) is 4.26. The topological polar surface area (TPSA) is 107 Å². The molecule has 4 rings (SSSR count). The normalized spacial score (nSPS) is 15.1. The Kier molecular flexibility index (Phi) is 6.10. The molecule has 0 aliphatic carbocycles. The van der Waals surface area contributed by atoms with Crippen molar-refractivity contribution in [3.8, 4) is 0 Å². The van der Waals surface area contributed by atoms with Gasteiger partial charge >= 0.3 is 0 Å². The number of carbonyl (C=O) groups is 1. The molecule has 8 heteroatoms. The fraction of sp³-hybridized carbons (Fsp3) is 0.250. The van der Waals surface area contributed by atoms with Gasteiger partial charge in [-0.2, -0.15) is 4.74 Å². The number of aryl methyl sites for hydroxylation is 2. The third-order valence-electron chi connectivity index (χ3n) is 5.56. The Morgan fingerprint density at radius 1 is 1.28 bits per heavy atom. The minimum absolute atomic E-state index is 0.183. The maximum absolute atomic E-state index is 12.7. The fourth-order valence-corrected chi connectivity index (χ4v) is 4.24. The molecule has 3 N–H and O–H groups in total. The van der Waals surface area contributed by atoms with Crippen LogP contribution in [-0.4, -0.2) is 32.2 Å². The van der Waals surface area contributed by atoms with Gasteiger partial charge in [-0.15, -0.1) is 11.6 Å². The lowest BCUT2D eigenvalue weighted by Crippen LogP contribution is -2.24. The average Bonchev–Trinajstić information content (AvgIpc) is 2.72. The van der Waals surface area contributed by atoms with E-state index in [1.165, 1.54) is 6.21 Å². The number of nitrogens with one attached hydrogen (secondary N) is 1. The quantitative estimate of drug-likeness (QED) is 0.351. The summed E-state index contributed by atoms with van der Waals surface area (Å²) in [5, 5.41) is 14.7. The van der Waals surface area contributed by atoms with E-state index in [-0.39, 0.29) is 11.3 Å². The van der Waals surface area contributed by atoms with Crippen LogP contribution in [0.4, 0.5) is 11.5 Å². The summed E-state index contributed by atoms with van der Waals surface area (Å²) >= 11 is 6.14. The van der Waals surface area contributed by atoms with Gasteiger partial charge in [0, 0.05) is 54.2 Å². The number of fused-ring (bicyclic) bond motifs is 1. The lowest BCUT2D eigenvalue weighted by molar-refractivity contribution is -0.359. The van der Waals surface area contributed by atoms with Crippen LogP contribution >= 0.6 is 11.6 Å². The van der Waals surface area contributed by atoms with Gasteiger partial charge < -0.3 is 16.3 Å². The minimum Gasteiger partial charge on any atom is -0.618 e. The summed E-state index contributed by atoms with van der Waals surface area (Å²) < 4.78 is 0.823. The number of nitrogens with zero attached hydrogens (tertiary/aromatic N) is 3. The molecule has 1 aliphatic heterocycles. The number of benzene rings is 1. The third kappa shape index (κ3) is 4.73. The van der Waals surface area contributed by atoms with Gasteiger partial charge in [0.2, 0.25) is 5.69 Å². The summed E-state index contributed by atoms with van der Waals surface area (Å²) in [7, 11) is 0. The standard InChI is InChI=1S/C24H24ClN5O2/c1-14-7-23(26)29-15(2)21(14)12-28-24(31)17-5-6-27-20(11-17)9-16-3-4-22-18(8-16)10-19(25)13-30(22)32/h3-8,11,13,19H,9-10,12H2,1-2H3,(H2,26,29)(H,28,31). The number of anilines is 1. The summed E-state index contributed by atoms with van der Waals surface area (Å²) in [5.74, 6) is 0.288. The predicted molar refractivity (Wildman–Crippen MR) is 125 cm³/mol. The highest BCUT2D eigenvalue weighted by Crippen LogP contribution is 2.27. The maximum atomic E-state index is 12.7. The first-order valence-electron chi connectivity index (χ1n) is 10.3. The third-order valence-corrected chi connectivity index (χ3v) is 5.82. The Morgan fingerprint density at radius 3 is 2.88 bits per heavy atom. The van der Waals surface area contributed by atoms with E-state index >= 15 is 0 Å². The number of pyridine rings is 2. The number of halogens is 1. The Balaban J connectivity index is 1.47. The highest BCUT2D eigenvalue weighted by atomic mass is 35.5. The number of hydrogen-bond acceptors (Lipinski definition) is 5. The molecule has 164 valence electrons. The second-order valence-electron chi connectivity index (χ2n) is 7.98. The molecule has 3 aromatic rings. The number of nitrogen functional groups attached to an aromatic ring is 1. The monoisotopic (exact) mass is 449 g/mol. The van der Waals surface area contributed by atoms with Crippen molar-refractivity contribution < 1.29 is 9.53 Å². The van der Waals surface area contributed by atoms with Crippen LogP contribution < -0.4 is 11.1 Å². The number of alkyl halides is 1. The smallest absolute Gasteiger partial charge is 0.251 e. The first-order chi connectivity index (χ1) is 15.3. The molecule has 7 nitrogen and oxygen atoms in total. The van der Waals surface area contributed by atoms with Crippen LogP contribution in [0.5, 0.6) is 0 Å². The van der Waals surface area contributed by atoms with Crippen molar-refractivity contribution in [2.45, 2.75) is 38.6 Å². The van der Waals surface area contributed by atoms with Crippen LogP contribution in [0.1, 0.15) is 44.0 Å². The second-order valence-corrected chi connectivity index (χ2v) is 8.54. The molecule has 2 aromatic heterocycles. The zero-order chi connectivity index (χ0) is 22.8. The Labute approximate surface area is 191 Å².